The second-order valence-electron chi connectivity index (χ2n) is 10.8. The van der Waals surface area contributed by atoms with Crippen LogP contribution in [0.1, 0.15) is 28.8 Å². The van der Waals surface area contributed by atoms with Crippen molar-refractivity contribution in [3.63, 3.8) is 0 Å². The molecule has 0 spiro atoms. The lowest BCUT2D eigenvalue weighted by Crippen LogP contribution is -2.50. The highest BCUT2D eigenvalue weighted by molar-refractivity contribution is 6.00. The summed E-state index contributed by atoms with van der Waals surface area (Å²) in [5, 5.41) is 4.48. The minimum Gasteiger partial charge on any atom is -0.496 e. The van der Waals surface area contributed by atoms with Crippen molar-refractivity contribution in [2.75, 3.05) is 59.5 Å². The zero-order valence-electron chi connectivity index (χ0n) is 22.8. The summed E-state index contributed by atoms with van der Waals surface area (Å²) in [7, 11) is 1.41. The Kier molecular flexibility index (Phi) is 7.27. The lowest BCUT2D eigenvalue weighted by Gasteiger charge is -2.34. The van der Waals surface area contributed by atoms with Gasteiger partial charge in [0.25, 0.3) is 5.91 Å². The standard InChI is InChI=1S/C29H32F3N5O4/c1-40-25-15-21(14-20-6-7-36(18-29(30,31)32)28(39)26(20)25)23-16-33-37-17-22(4-5-24(23)37)41-13-12-34-8-10-35(11-9-34)27(38)19-2-3-19/h4-5,14-17,19H,2-3,6-13,18H2,1H3. The summed E-state index contributed by atoms with van der Waals surface area (Å²) in [6.45, 7) is 3.21. The van der Waals surface area contributed by atoms with E-state index in [2.05, 4.69) is 10.00 Å². The number of benzene rings is 1. The van der Waals surface area contributed by atoms with Gasteiger partial charge in [0, 0.05) is 50.7 Å². The summed E-state index contributed by atoms with van der Waals surface area (Å²) in [5.41, 5.74) is 3.22. The van der Waals surface area contributed by atoms with Crippen molar-refractivity contribution in [1.29, 1.82) is 0 Å². The molecule has 2 aromatic heterocycles. The Hall–Kier alpha value is -3.80. The molecule has 0 unspecified atom stereocenters. The fourth-order valence-electron chi connectivity index (χ4n) is 5.66. The van der Waals surface area contributed by atoms with Crippen LogP contribution in [0, 0.1) is 5.92 Å². The van der Waals surface area contributed by atoms with Crippen LogP contribution in [-0.2, 0) is 11.2 Å². The summed E-state index contributed by atoms with van der Waals surface area (Å²) in [6.07, 6.45) is 1.41. The molecule has 0 radical (unpaired) electrons. The SMILES string of the molecule is COc1cc(-c2cnn3cc(OCCN4CCN(C(=O)C5CC5)CC4)ccc23)cc2c1C(=O)N(CC(F)(F)F)CC2. The molecule has 1 aliphatic carbocycles. The fourth-order valence-corrected chi connectivity index (χ4v) is 5.66. The first-order valence-corrected chi connectivity index (χ1v) is 13.9. The molecule has 0 bridgehead atoms. The van der Waals surface area contributed by atoms with Gasteiger partial charge in [-0.2, -0.15) is 18.3 Å². The third kappa shape index (κ3) is 5.83. The first kappa shape index (κ1) is 27.4. The second kappa shape index (κ2) is 10.9. The third-order valence-corrected chi connectivity index (χ3v) is 8.01. The van der Waals surface area contributed by atoms with Gasteiger partial charge in [-0.3, -0.25) is 14.5 Å². The average molecular weight is 572 g/mol. The Morgan fingerprint density at radius 2 is 1.88 bits per heavy atom. The van der Waals surface area contributed by atoms with Crippen LogP contribution in [0.25, 0.3) is 16.6 Å². The smallest absolute Gasteiger partial charge is 0.406 e. The van der Waals surface area contributed by atoms with Crippen molar-refractivity contribution in [2.24, 2.45) is 5.92 Å². The number of amides is 2. The fraction of sp³-hybridized carbons (Fsp3) is 0.483. The number of carbonyl (C=O) groups is 2. The summed E-state index contributed by atoms with van der Waals surface area (Å²) in [5.74, 6) is 0.808. The quantitative estimate of drug-likeness (QED) is 0.412. The van der Waals surface area contributed by atoms with Crippen LogP contribution in [0.3, 0.4) is 0 Å². The Bertz CT molecular complexity index is 1440. The minimum absolute atomic E-state index is 0.0122. The number of halogens is 3. The van der Waals surface area contributed by atoms with E-state index in [9.17, 15) is 22.8 Å². The minimum atomic E-state index is -4.47. The van der Waals surface area contributed by atoms with E-state index in [0.29, 0.717) is 30.2 Å². The lowest BCUT2D eigenvalue weighted by molar-refractivity contribution is -0.141. The molecule has 0 atom stereocenters. The van der Waals surface area contributed by atoms with E-state index >= 15 is 0 Å². The van der Waals surface area contributed by atoms with E-state index in [1.54, 1.807) is 23.0 Å². The predicted molar refractivity (Wildman–Crippen MR) is 144 cm³/mol. The zero-order valence-corrected chi connectivity index (χ0v) is 22.8. The van der Waals surface area contributed by atoms with Gasteiger partial charge in [0.2, 0.25) is 5.91 Å². The van der Waals surface area contributed by atoms with Crippen molar-refractivity contribution in [3.8, 4) is 22.6 Å². The number of alkyl halides is 3. The van der Waals surface area contributed by atoms with Crippen LogP contribution in [0.5, 0.6) is 11.5 Å². The molecule has 1 aromatic carbocycles. The van der Waals surface area contributed by atoms with Gasteiger partial charge < -0.3 is 19.3 Å². The van der Waals surface area contributed by atoms with Crippen LogP contribution in [0.15, 0.2) is 36.7 Å². The highest BCUT2D eigenvalue weighted by atomic mass is 19.4. The monoisotopic (exact) mass is 571 g/mol. The van der Waals surface area contributed by atoms with Crippen molar-refractivity contribution in [3.05, 3.63) is 47.8 Å². The molecule has 12 heteroatoms. The Morgan fingerprint density at radius 3 is 2.59 bits per heavy atom. The molecular formula is C29H32F3N5O4. The van der Waals surface area contributed by atoms with E-state index in [-0.39, 0.29) is 23.8 Å². The van der Waals surface area contributed by atoms with E-state index in [1.807, 2.05) is 23.1 Å². The number of fused-ring (bicyclic) bond motifs is 2. The molecule has 4 heterocycles. The molecule has 3 aromatic rings. The topological polar surface area (TPSA) is 79.6 Å². The van der Waals surface area contributed by atoms with Crippen LogP contribution < -0.4 is 9.47 Å². The maximum atomic E-state index is 13.0. The van der Waals surface area contributed by atoms with Crippen LogP contribution in [0.2, 0.25) is 0 Å². The summed E-state index contributed by atoms with van der Waals surface area (Å²) < 4.78 is 52.0. The normalized spacial score (nSPS) is 18.1. The molecular weight excluding hydrogens is 539 g/mol. The number of methoxy groups -OCH3 is 1. The van der Waals surface area contributed by atoms with Crippen LogP contribution >= 0.6 is 0 Å². The predicted octanol–water partition coefficient (Wildman–Crippen LogP) is 3.50. The number of aromatic nitrogens is 2. The molecule has 2 fully saturated rings. The highest BCUT2D eigenvalue weighted by Crippen LogP contribution is 2.36. The largest absolute Gasteiger partial charge is 0.496 e. The van der Waals surface area contributed by atoms with Gasteiger partial charge in [0.15, 0.2) is 0 Å². The van der Waals surface area contributed by atoms with Crippen molar-refractivity contribution in [1.82, 2.24) is 24.3 Å². The summed E-state index contributed by atoms with van der Waals surface area (Å²) >= 11 is 0. The number of hydrogen-bond acceptors (Lipinski definition) is 6. The molecule has 2 amide bonds. The lowest BCUT2D eigenvalue weighted by atomic mass is 9.93. The van der Waals surface area contributed by atoms with Crippen molar-refractivity contribution in [2.45, 2.75) is 25.4 Å². The van der Waals surface area contributed by atoms with Gasteiger partial charge in [0.1, 0.15) is 24.7 Å². The summed E-state index contributed by atoms with van der Waals surface area (Å²) in [6, 6.07) is 7.29. The maximum Gasteiger partial charge on any atom is 0.406 e. The highest BCUT2D eigenvalue weighted by Gasteiger charge is 2.37. The number of piperazine rings is 1. The molecule has 2 aliphatic heterocycles. The number of carbonyl (C=O) groups excluding carboxylic acids is 2. The van der Waals surface area contributed by atoms with Crippen LogP contribution in [0.4, 0.5) is 13.2 Å². The molecule has 6 rings (SSSR count). The van der Waals surface area contributed by atoms with Crippen molar-refractivity contribution < 1.29 is 32.2 Å². The zero-order chi connectivity index (χ0) is 28.7. The summed E-state index contributed by atoms with van der Waals surface area (Å²) in [4.78, 5) is 30.2. The van der Waals surface area contributed by atoms with Gasteiger partial charge in [-0.1, -0.05) is 0 Å². The van der Waals surface area contributed by atoms with Crippen molar-refractivity contribution >= 4 is 17.3 Å². The number of rotatable bonds is 8. The Labute approximate surface area is 235 Å². The number of nitrogens with zero attached hydrogens (tertiary/aromatic N) is 5. The molecule has 1 saturated heterocycles. The van der Waals surface area contributed by atoms with E-state index in [1.165, 1.54) is 7.11 Å². The average Bonchev–Trinajstić information content (AvgIpc) is 3.72. The van der Waals surface area contributed by atoms with E-state index in [0.717, 1.165) is 67.1 Å². The molecule has 1 saturated carbocycles. The van der Waals surface area contributed by atoms with Gasteiger partial charge in [-0.05, 0) is 54.7 Å². The van der Waals surface area contributed by atoms with Gasteiger partial charge in [0.05, 0.1) is 30.6 Å². The number of ether oxygens (including phenoxy) is 2. The van der Waals surface area contributed by atoms with Gasteiger partial charge in [-0.25, -0.2) is 4.52 Å². The van der Waals surface area contributed by atoms with Gasteiger partial charge >= 0.3 is 6.18 Å². The molecule has 41 heavy (non-hydrogen) atoms. The first-order valence-electron chi connectivity index (χ1n) is 13.9. The third-order valence-electron chi connectivity index (χ3n) is 8.01. The molecule has 3 aliphatic rings. The number of pyridine rings is 1. The Morgan fingerprint density at radius 1 is 1.10 bits per heavy atom. The Balaban J connectivity index is 1.11. The maximum absolute atomic E-state index is 13.0. The first-order chi connectivity index (χ1) is 19.7. The van der Waals surface area contributed by atoms with E-state index < -0.39 is 18.6 Å². The molecule has 9 nitrogen and oxygen atoms in total. The number of hydrogen-bond donors (Lipinski definition) is 0. The van der Waals surface area contributed by atoms with Gasteiger partial charge in [-0.15, -0.1) is 0 Å². The van der Waals surface area contributed by atoms with Crippen LogP contribution in [-0.4, -0.2) is 102 Å². The second-order valence-corrected chi connectivity index (χ2v) is 10.8. The molecule has 218 valence electrons. The van der Waals surface area contributed by atoms with E-state index in [4.69, 9.17) is 9.47 Å². The molecule has 0 N–H and O–H groups in total.